The quantitative estimate of drug-likeness (QED) is 0.661. The number of aliphatic hydroxyl groups excluding tert-OH is 1. The van der Waals surface area contributed by atoms with Crippen molar-refractivity contribution in [2.45, 2.75) is 50.5 Å². The minimum Gasteiger partial charge on any atom is -0.388 e. The highest BCUT2D eigenvalue weighted by atomic mass is 16.7. The molecule has 3 heterocycles. The molecule has 0 saturated carbocycles. The Morgan fingerprint density at radius 3 is 3.00 bits per heavy atom. The lowest BCUT2D eigenvalue weighted by atomic mass is 9.96. The molecule has 2 fully saturated rings. The smallest absolute Gasteiger partial charge is 0.315 e. The topological polar surface area (TPSA) is 111 Å². The molecule has 3 N–H and O–H groups in total. The Kier molecular flexibility index (Phi) is 3.79. The Labute approximate surface area is 121 Å². The van der Waals surface area contributed by atoms with Crippen LogP contribution in [0.5, 0.6) is 0 Å². The first kappa shape index (κ1) is 14.2. The summed E-state index contributed by atoms with van der Waals surface area (Å²) in [7, 11) is 0. The third-order valence-electron chi connectivity index (χ3n) is 3.59. The Balaban J connectivity index is 1.76. The molecule has 2 aliphatic rings. The number of fused-ring (bicyclic) bond motifs is 2. The van der Waals surface area contributed by atoms with Crippen molar-refractivity contribution < 1.29 is 19.4 Å². The molecule has 2 bridgehead atoms. The van der Waals surface area contributed by atoms with E-state index in [0.717, 1.165) is 0 Å². The molecule has 21 heavy (non-hydrogen) atoms. The molecule has 2 amide bonds. The second kappa shape index (κ2) is 5.58. The van der Waals surface area contributed by atoms with Crippen LogP contribution in [0.25, 0.3) is 0 Å². The van der Waals surface area contributed by atoms with E-state index in [2.05, 4.69) is 20.7 Å². The number of aliphatic hydroxyl groups is 1. The zero-order valence-electron chi connectivity index (χ0n) is 11.8. The van der Waals surface area contributed by atoms with Crippen molar-refractivity contribution in [3.8, 4) is 0 Å². The molecule has 1 aromatic heterocycles. The van der Waals surface area contributed by atoms with Gasteiger partial charge in [0.25, 0.3) is 0 Å². The van der Waals surface area contributed by atoms with Gasteiger partial charge < -0.3 is 25.2 Å². The molecular formula is C12H19N5O4. The lowest BCUT2D eigenvalue weighted by molar-refractivity contribution is -0.166. The van der Waals surface area contributed by atoms with Crippen molar-refractivity contribution in [3.63, 3.8) is 0 Å². The molecule has 9 nitrogen and oxygen atoms in total. The maximum atomic E-state index is 11.9. The summed E-state index contributed by atoms with van der Waals surface area (Å²) in [5.41, 5.74) is 0. The molecule has 116 valence electrons. The summed E-state index contributed by atoms with van der Waals surface area (Å²) < 4.78 is 12.7. The van der Waals surface area contributed by atoms with Crippen molar-refractivity contribution in [2.24, 2.45) is 0 Å². The molecule has 0 aromatic carbocycles. The van der Waals surface area contributed by atoms with Crippen LogP contribution >= 0.6 is 0 Å². The summed E-state index contributed by atoms with van der Waals surface area (Å²) in [4.78, 5) is 15.7. The van der Waals surface area contributed by atoms with E-state index in [-0.39, 0.29) is 18.2 Å². The Morgan fingerprint density at radius 1 is 1.52 bits per heavy atom. The molecule has 9 heteroatoms. The van der Waals surface area contributed by atoms with Crippen LogP contribution in [0, 0.1) is 0 Å². The Bertz CT molecular complexity index is 494. The number of carbonyl (C=O) groups is 1. The van der Waals surface area contributed by atoms with Crippen LogP contribution in [0.4, 0.5) is 4.79 Å². The molecule has 5 unspecified atom stereocenters. The van der Waals surface area contributed by atoms with Gasteiger partial charge in [0, 0.05) is 6.04 Å². The fourth-order valence-corrected chi connectivity index (χ4v) is 2.69. The molecule has 0 radical (unpaired) electrons. The van der Waals surface area contributed by atoms with Crippen molar-refractivity contribution >= 4 is 6.03 Å². The minimum atomic E-state index is -0.879. The Hall–Kier alpha value is -1.71. The van der Waals surface area contributed by atoms with Gasteiger partial charge in [-0.3, -0.25) is 0 Å². The molecule has 2 saturated heterocycles. The van der Waals surface area contributed by atoms with Crippen LogP contribution in [0.3, 0.4) is 0 Å². The van der Waals surface area contributed by atoms with E-state index in [1.54, 1.807) is 0 Å². The fraction of sp³-hybridized carbons (Fsp3) is 0.750. The van der Waals surface area contributed by atoms with Gasteiger partial charge in [0.2, 0.25) is 0 Å². The number of urea groups is 1. The van der Waals surface area contributed by atoms with E-state index in [1.165, 1.54) is 17.3 Å². The van der Waals surface area contributed by atoms with Gasteiger partial charge in [-0.05, 0) is 13.8 Å². The first-order valence-electron chi connectivity index (χ1n) is 6.92. The first-order chi connectivity index (χ1) is 10.1. The second-order valence-electron chi connectivity index (χ2n) is 5.53. The summed E-state index contributed by atoms with van der Waals surface area (Å²) in [6.07, 6.45) is 1.03. The van der Waals surface area contributed by atoms with Gasteiger partial charge in [0.1, 0.15) is 30.9 Å². The van der Waals surface area contributed by atoms with Gasteiger partial charge >= 0.3 is 6.03 Å². The predicted molar refractivity (Wildman–Crippen MR) is 70.3 cm³/mol. The van der Waals surface area contributed by atoms with E-state index in [0.29, 0.717) is 6.61 Å². The second-order valence-corrected chi connectivity index (χ2v) is 5.53. The molecule has 2 aliphatic heterocycles. The minimum absolute atomic E-state index is 0.00495. The van der Waals surface area contributed by atoms with Crippen molar-refractivity contribution in [2.75, 3.05) is 6.61 Å². The van der Waals surface area contributed by atoms with E-state index in [1.807, 2.05) is 13.8 Å². The molecular weight excluding hydrogens is 278 g/mol. The van der Waals surface area contributed by atoms with Crippen molar-refractivity contribution in [1.82, 2.24) is 25.4 Å². The Morgan fingerprint density at radius 2 is 2.33 bits per heavy atom. The summed E-state index contributed by atoms with van der Waals surface area (Å²) in [5, 5.41) is 20.1. The monoisotopic (exact) mass is 297 g/mol. The van der Waals surface area contributed by atoms with E-state index < -0.39 is 24.5 Å². The average Bonchev–Trinajstić information content (AvgIpc) is 3.05. The van der Waals surface area contributed by atoms with Crippen LogP contribution in [-0.2, 0) is 9.47 Å². The highest BCUT2D eigenvalue weighted by Crippen LogP contribution is 2.35. The van der Waals surface area contributed by atoms with Crippen molar-refractivity contribution in [1.29, 1.82) is 0 Å². The van der Waals surface area contributed by atoms with E-state index in [4.69, 9.17) is 9.47 Å². The van der Waals surface area contributed by atoms with Crippen LogP contribution < -0.4 is 10.6 Å². The van der Waals surface area contributed by atoms with Crippen LogP contribution in [0.15, 0.2) is 12.7 Å². The third kappa shape index (κ3) is 2.71. The number of aromatic nitrogens is 3. The number of carbonyl (C=O) groups excluding carboxylic acids is 1. The number of ether oxygens (including phenoxy) is 2. The fourth-order valence-electron chi connectivity index (χ4n) is 2.69. The van der Waals surface area contributed by atoms with Crippen LogP contribution in [-0.4, -0.2) is 63.1 Å². The molecule has 1 aromatic rings. The lowest BCUT2D eigenvalue weighted by Gasteiger charge is -2.38. The van der Waals surface area contributed by atoms with Gasteiger partial charge in [0.15, 0.2) is 6.29 Å². The van der Waals surface area contributed by atoms with Crippen molar-refractivity contribution in [3.05, 3.63) is 12.7 Å². The van der Waals surface area contributed by atoms with E-state index >= 15 is 0 Å². The highest BCUT2D eigenvalue weighted by Gasteiger charge is 2.51. The lowest BCUT2D eigenvalue weighted by Crippen LogP contribution is -2.60. The molecule has 5 atom stereocenters. The summed E-state index contributed by atoms with van der Waals surface area (Å²) >= 11 is 0. The van der Waals surface area contributed by atoms with E-state index in [9.17, 15) is 9.90 Å². The number of rotatable bonds is 3. The normalized spacial score (nSPS) is 35.0. The van der Waals surface area contributed by atoms with Gasteiger partial charge in [-0.2, -0.15) is 5.10 Å². The summed E-state index contributed by atoms with van der Waals surface area (Å²) in [5.74, 6) is 0. The molecule has 0 spiro atoms. The summed E-state index contributed by atoms with van der Waals surface area (Å²) in [6, 6.07) is -1.46. The van der Waals surface area contributed by atoms with Crippen LogP contribution in [0.1, 0.15) is 19.9 Å². The zero-order valence-corrected chi connectivity index (χ0v) is 11.8. The van der Waals surface area contributed by atoms with Gasteiger partial charge in [-0.1, -0.05) is 0 Å². The first-order valence-corrected chi connectivity index (χ1v) is 6.92. The summed E-state index contributed by atoms with van der Waals surface area (Å²) in [6.45, 7) is 4.04. The SMILES string of the molecule is CC(C)NC(=O)NC1C2COC(O2)C(n2cncn2)C1O. The number of hydrogen-bond acceptors (Lipinski definition) is 6. The largest absolute Gasteiger partial charge is 0.388 e. The predicted octanol–water partition coefficient (Wildman–Crippen LogP) is -0.989. The third-order valence-corrected chi connectivity index (χ3v) is 3.59. The van der Waals surface area contributed by atoms with Gasteiger partial charge in [-0.15, -0.1) is 0 Å². The zero-order chi connectivity index (χ0) is 15.0. The molecule has 0 aliphatic carbocycles. The number of nitrogens with zero attached hydrogens (tertiary/aromatic N) is 3. The maximum absolute atomic E-state index is 11.9. The van der Waals surface area contributed by atoms with Gasteiger partial charge in [-0.25, -0.2) is 14.5 Å². The average molecular weight is 297 g/mol. The van der Waals surface area contributed by atoms with Gasteiger partial charge in [0.05, 0.1) is 12.6 Å². The number of hydrogen-bond donors (Lipinski definition) is 3. The number of nitrogens with one attached hydrogen (secondary N) is 2. The maximum Gasteiger partial charge on any atom is 0.315 e. The van der Waals surface area contributed by atoms with Crippen LogP contribution in [0.2, 0.25) is 0 Å². The standard InChI is InChI=1S/C12H19N5O4/c1-6(2)15-12(19)16-8-7-3-20-11(21-7)9(10(8)18)17-5-13-4-14-17/h4-11,18H,3H2,1-2H3,(H2,15,16,19). The highest BCUT2D eigenvalue weighted by molar-refractivity contribution is 5.74. The molecule has 3 rings (SSSR count). The number of amides is 2.